The Bertz CT molecular complexity index is 641. The standard InChI is InChI=1S/C16H21N3O3S/c1-11-10-23-16(18-11)14-9-19(5-7-22-14)12(2)15(20)17-8-13-4-3-6-21-13/h3-4,6,10,12,14H,5,7-9H2,1-2H3,(H,17,20)/t12-,14-/m0/s1. The molecule has 1 aliphatic heterocycles. The molecule has 1 aliphatic rings. The molecule has 2 aromatic rings. The van der Waals surface area contributed by atoms with E-state index in [1.807, 2.05) is 31.4 Å². The molecule has 124 valence electrons. The largest absolute Gasteiger partial charge is 0.467 e. The zero-order valence-corrected chi connectivity index (χ0v) is 14.1. The first-order valence-corrected chi connectivity index (χ1v) is 8.59. The Balaban J connectivity index is 1.55. The first-order valence-electron chi connectivity index (χ1n) is 7.71. The van der Waals surface area contributed by atoms with Gasteiger partial charge in [0.25, 0.3) is 0 Å². The fourth-order valence-corrected chi connectivity index (χ4v) is 3.43. The van der Waals surface area contributed by atoms with Crippen molar-refractivity contribution in [1.29, 1.82) is 0 Å². The van der Waals surface area contributed by atoms with E-state index in [4.69, 9.17) is 9.15 Å². The van der Waals surface area contributed by atoms with Gasteiger partial charge in [-0.25, -0.2) is 4.98 Å². The van der Waals surface area contributed by atoms with Gasteiger partial charge in [0.1, 0.15) is 16.9 Å². The molecule has 0 unspecified atom stereocenters. The molecule has 3 rings (SSSR count). The highest BCUT2D eigenvalue weighted by Gasteiger charge is 2.30. The molecule has 0 radical (unpaired) electrons. The highest BCUT2D eigenvalue weighted by Crippen LogP contribution is 2.26. The van der Waals surface area contributed by atoms with Gasteiger partial charge in [-0.05, 0) is 26.0 Å². The van der Waals surface area contributed by atoms with Crippen molar-refractivity contribution in [2.45, 2.75) is 32.5 Å². The molecule has 0 aliphatic carbocycles. The van der Waals surface area contributed by atoms with E-state index in [9.17, 15) is 4.79 Å². The predicted octanol–water partition coefficient (Wildman–Crippen LogP) is 2.12. The topological polar surface area (TPSA) is 67.6 Å². The number of carbonyl (C=O) groups is 1. The van der Waals surface area contributed by atoms with E-state index < -0.39 is 0 Å². The van der Waals surface area contributed by atoms with Gasteiger partial charge < -0.3 is 14.5 Å². The first kappa shape index (κ1) is 16.2. The molecule has 7 heteroatoms. The van der Waals surface area contributed by atoms with Crippen molar-refractivity contribution in [2.75, 3.05) is 19.7 Å². The lowest BCUT2D eigenvalue weighted by molar-refractivity contribution is -0.129. The third-order valence-electron chi connectivity index (χ3n) is 3.95. The minimum Gasteiger partial charge on any atom is -0.467 e. The highest BCUT2D eigenvalue weighted by atomic mass is 32.1. The van der Waals surface area contributed by atoms with Crippen LogP contribution in [0.2, 0.25) is 0 Å². The van der Waals surface area contributed by atoms with Crippen LogP contribution in [0.3, 0.4) is 0 Å². The van der Waals surface area contributed by atoms with Crippen molar-refractivity contribution in [3.8, 4) is 0 Å². The normalized spacial score (nSPS) is 20.3. The van der Waals surface area contributed by atoms with Crippen LogP contribution < -0.4 is 5.32 Å². The Hall–Kier alpha value is -1.70. The number of aryl methyl sites for hydroxylation is 1. The molecular formula is C16H21N3O3S. The predicted molar refractivity (Wildman–Crippen MR) is 87.1 cm³/mol. The molecule has 0 spiro atoms. The molecule has 1 amide bonds. The average molecular weight is 335 g/mol. The summed E-state index contributed by atoms with van der Waals surface area (Å²) in [6.45, 7) is 6.35. The van der Waals surface area contributed by atoms with Crippen LogP contribution in [0.15, 0.2) is 28.2 Å². The number of rotatable bonds is 5. The number of nitrogens with one attached hydrogen (secondary N) is 1. The van der Waals surface area contributed by atoms with Crippen molar-refractivity contribution in [3.63, 3.8) is 0 Å². The molecular weight excluding hydrogens is 314 g/mol. The van der Waals surface area contributed by atoms with Crippen molar-refractivity contribution >= 4 is 17.2 Å². The molecule has 0 aromatic carbocycles. The Morgan fingerprint density at radius 2 is 2.48 bits per heavy atom. The summed E-state index contributed by atoms with van der Waals surface area (Å²) in [6, 6.07) is 3.45. The zero-order valence-electron chi connectivity index (χ0n) is 13.3. The van der Waals surface area contributed by atoms with E-state index in [1.54, 1.807) is 17.6 Å². The lowest BCUT2D eigenvalue weighted by atomic mass is 10.2. The van der Waals surface area contributed by atoms with Crippen LogP contribution in [0.5, 0.6) is 0 Å². The minimum absolute atomic E-state index is 0.00244. The van der Waals surface area contributed by atoms with Crippen molar-refractivity contribution in [1.82, 2.24) is 15.2 Å². The number of hydrogen-bond donors (Lipinski definition) is 1. The first-order chi connectivity index (χ1) is 11.1. The smallest absolute Gasteiger partial charge is 0.237 e. The number of nitrogens with zero attached hydrogens (tertiary/aromatic N) is 2. The molecule has 2 aromatic heterocycles. The monoisotopic (exact) mass is 335 g/mol. The van der Waals surface area contributed by atoms with Gasteiger partial charge in [-0.1, -0.05) is 0 Å². The van der Waals surface area contributed by atoms with E-state index in [-0.39, 0.29) is 18.1 Å². The van der Waals surface area contributed by atoms with Gasteiger partial charge in [0.05, 0.1) is 25.5 Å². The number of amides is 1. The lowest BCUT2D eigenvalue weighted by Crippen LogP contribution is -2.50. The second-order valence-corrected chi connectivity index (χ2v) is 6.54. The number of hydrogen-bond acceptors (Lipinski definition) is 6. The van der Waals surface area contributed by atoms with E-state index in [0.29, 0.717) is 19.7 Å². The molecule has 1 saturated heterocycles. The van der Waals surface area contributed by atoms with Crippen LogP contribution in [-0.2, 0) is 16.1 Å². The maximum absolute atomic E-state index is 12.3. The quantitative estimate of drug-likeness (QED) is 0.906. The summed E-state index contributed by atoms with van der Waals surface area (Å²) in [6.07, 6.45) is 1.55. The molecule has 0 saturated carbocycles. The summed E-state index contributed by atoms with van der Waals surface area (Å²) >= 11 is 1.61. The molecule has 1 fully saturated rings. The van der Waals surface area contributed by atoms with Gasteiger partial charge in [0, 0.05) is 24.2 Å². The Kier molecular flexibility index (Phi) is 5.09. The summed E-state index contributed by atoms with van der Waals surface area (Å²) in [5, 5.41) is 5.92. The molecule has 0 bridgehead atoms. The second kappa shape index (κ2) is 7.25. The average Bonchev–Trinajstić information content (AvgIpc) is 3.23. The van der Waals surface area contributed by atoms with Gasteiger partial charge in [-0.2, -0.15) is 0 Å². The van der Waals surface area contributed by atoms with E-state index in [1.165, 1.54) is 0 Å². The van der Waals surface area contributed by atoms with Gasteiger partial charge in [-0.3, -0.25) is 9.69 Å². The number of carbonyl (C=O) groups excluding carboxylic acids is 1. The van der Waals surface area contributed by atoms with E-state index >= 15 is 0 Å². The minimum atomic E-state index is -0.211. The third kappa shape index (κ3) is 3.99. The summed E-state index contributed by atoms with van der Waals surface area (Å²) in [5.74, 6) is 0.751. The van der Waals surface area contributed by atoms with Crippen LogP contribution in [0.25, 0.3) is 0 Å². The molecule has 23 heavy (non-hydrogen) atoms. The van der Waals surface area contributed by atoms with Gasteiger partial charge in [-0.15, -0.1) is 11.3 Å². The Morgan fingerprint density at radius 3 is 3.17 bits per heavy atom. The fourth-order valence-electron chi connectivity index (χ4n) is 2.59. The third-order valence-corrected chi connectivity index (χ3v) is 5.01. The van der Waals surface area contributed by atoms with E-state index in [2.05, 4.69) is 15.2 Å². The van der Waals surface area contributed by atoms with Crippen LogP contribution in [0.1, 0.15) is 29.5 Å². The van der Waals surface area contributed by atoms with Crippen LogP contribution in [0, 0.1) is 6.92 Å². The summed E-state index contributed by atoms with van der Waals surface area (Å²) < 4.78 is 11.0. The molecule has 2 atom stereocenters. The van der Waals surface area contributed by atoms with Gasteiger partial charge in [0.2, 0.25) is 5.91 Å². The number of ether oxygens (including phenoxy) is 1. The van der Waals surface area contributed by atoms with Crippen LogP contribution in [-0.4, -0.2) is 41.5 Å². The van der Waals surface area contributed by atoms with Crippen LogP contribution in [0.4, 0.5) is 0 Å². The van der Waals surface area contributed by atoms with E-state index in [0.717, 1.165) is 23.0 Å². The SMILES string of the molecule is Cc1csc([C@@H]2CN([C@@H](C)C(=O)NCc3ccco3)CCO2)n1. The van der Waals surface area contributed by atoms with Crippen molar-refractivity contribution in [3.05, 3.63) is 40.2 Å². The Labute approximate surface area is 139 Å². The summed E-state index contributed by atoms with van der Waals surface area (Å²) in [4.78, 5) is 19.0. The van der Waals surface area contributed by atoms with Crippen molar-refractivity contribution < 1.29 is 13.9 Å². The molecule has 3 heterocycles. The molecule has 6 nitrogen and oxygen atoms in total. The summed E-state index contributed by atoms with van der Waals surface area (Å²) in [5.41, 5.74) is 1.01. The second-order valence-electron chi connectivity index (χ2n) is 5.65. The highest BCUT2D eigenvalue weighted by molar-refractivity contribution is 7.09. The zero-order chi connectivity index (χ0) is 16.2. The molecule has 1 N–H and O–H groups in total. The number of thiazole rings is 1. The maximum Gasteiger partial charge on any atom is 0.237 e. The summed E-state index contributed by atoms with van der Waals surface area (Å²) in [7, 11) is 0. The maximum atomic E-state index is 12.3. The fraction of sp³-hybridized carbons (Fsp3) is 0.500. The van der Waals surface area contributed by atoms with Gasteiger partial charge >= 0.3 is 0 Å². The lowest BCUT2D eigenvalue weighted by Gasteiger charge is -2.35. The number of furan rings is 1. The number of aromatic nitrogens is 1. The van der Waals surface area contributed by atoms with Crippen molar-refractivity contribution in [2.24, 2.45) is 0 Å². The van der Waals surface area contributed by atoms with Gasteiger partial charge in [0.15, 0.2) is 0 Å². The van der Waals surface area contributed by atoms with Crippen LogP contribution >= 0.6 is 11.3 Å². The Morgan fingerprint density at radius 1 is 1.61 bits per heavy atom. The number of morpholine rings is 1.